The van der Waals surface area contributed by atoms with Crippen molar-refractivity contribution in [2.75, 3.05) is 0 Å². The highest BCUT2D eigenvalue weighted by Crippen LogP contribution is 2.29. The standard InChI is InChI=1S/C10H8BrNO3/c1-5-2-3-7-6(4-5)9(12-15-7)8(11)10(13)14/h2-4,8H,1H3,(H,13,14)/t8-/m1/s1. The molecule has 0 aliphatic heterocycles. The van der Waals surface area contributed by atoms with Crippen molar-refractivity contribution in [2.45, 2.75) is 11.8 Å². The Hall–Kier alpha value is -1.36. The van der Waals surface area contributed by atoms with Gasteiger partial charge in [-0.2, -0.15) is 0 Å². The van der Waals surface area contributed by atoms with E-state index >= 15 is 0 Å². The molecule has 0 fully saturated rings. The molecule has 78 valence electrons. The average Bonchev–Trinajstić information content (AvgIpc) is 2.59. The molecule has 0 saturated carbocycles. The number of hydrogen-bond donors (Lipinski definition) is 1. The van der Waals surface area contributed by atoms with Crippen LogP contribution in [0, 0.1) is 6.92 Å². The van der Waals surface area contributed by atoms with Gasteiger partial charge in [0.25, 0.3) is 0 Å². The fraction of sp³-hybridized carbons (Fsp3) is 0.200. The van der Waals surface area contributed by atoms with Gasteiger partial charge in [-0.15, -0.1) is 0 Å². The summed E-state index contributed by atoms with van der Waals surface area (Å²) in [5.41, 5.74) is 2.04. The van der Waals surface area contributed by atoms with Gasteiger partial charge in [-0.1, -0.05) is 32.7 Å². The van der Waals surface area contributed by atoms with Gasteiger partial charge in [0, 0.05) is 5.39 Å². The van der Waals surface area contributed by atoms with Crippen molar-refractivity contribution in [1.29, 1.82) is 0 Å². The van der Waals surface area contributed by atoms with E-state index in [1.807, 2.05) is 19.1 Å². The van der Waals surface area contributed by atoms with E-state index in [9.17, 15) is 4.79 Å². The predicted octanol–water partition coefficient (Wildman–Crippen LogP) is 2.66. The van der Waals surface area contributed by atoms with Crippen molar-refractivity contribution in [3.8, 4) is 0 Å². The summed E-state index contributed by atoms with van der Waals surface area (Å²) in [7, 11) is 0. The third kappa shape index (κ3) is 1.74. The topological polar surface area (TPSA) is 63.3 Å². The zero-order chi connectivity index (χ0) is 11.0. The number of halogens is 1. The van der Waals surface area contributed by atoms with E-state index in [1.165, 1.54) is 0 Å². The van der Waals surface area contributed by atoms with Crippen LogP contribution >= 0.6 is 15.9 Å². The summed E-state index contributed by atoms with van der Waals surface area (Å²) >= 11 is 3.05. The summed E-state index contributed by atoms with van der Waals surface area (Å²) in [5.74, 6) is -0.980. The first-order valence-corrected chi connectivity index (χ1v) is 5.24. The van der Waals surface area contributed by atoms with Gasteiger partial charge < -0.3 is 9.63 Å². The Morgan fingerprint density at radius 2 is 2.33 bits per heavy atom. The molecule has 0 unspecified atom stereocenters. The summed E-state index contributed by atoms with van der Waals surface area (Å²) in [5, 5.41) is 13.3. The van der Waals surface area contributed by atoms with Gasteiger partial charge in [0.1, 0.15) is 5.69 Å². The van der Waals surface area contributed by atoms with Gasteiger partial charge >= 0.3 is 5.97 Å². The van der Waals surface area contributed by atoms with E-state index in [2.05, 4.69) is 21.1 Å². The van der Waals surface area contributed by atoms with E-state index in [-0.39, 0.29) is 0 Å². The van der Waals surface area contributed by atoms with Gasteiger partial charge in [-0.3, -0.25) is 4.79 Å². The molecule has 0 radical (unpaired) electrons. The maximum atomic E-state index is 10.8. The van der Waals surface area contributed by atoms with Gasteiger partial charge in [0.2, 0.25) is 0 Å². The number of carboxylic acid groups (broad SMARTS) is 1. The minimum atomic E-state index is -0.980. The van der Waals surface area contributed by atoms with E-state index < -0.39 is 10.8 Å². The molecule has 0 aliphatic rings. The maximum absolute atomic E-state index is 10.8. The van der Waals surface area contributed by atoms with Crippen LogP contribution < -0.4 is 0 Å². The minimum absolute atomic E-state index is 0.404. The number of benzene rings is 1. The molecule has 0 saturated heterocycles. The Labute approximate surface area is 94.0 Å². The van der Waals surface area contributed by atoms with Crippen LogP contribution in [0.1, 0.15) is 16.1 Å². The molecular formula is C10H8BrNO3. The number of hydrogen-bond acceptors (Lipinski definition) is 3. The summed E-state index contributed by atoms with van der Waals surface area (Å²) in [6.07, 6.45) is 0. The van der Waals surface area contributed by atoms with Gasteiger partial charge in [-0.25, -0.2) is 0 Å². The number of aryl methyl sites for hydroxylation is 1. The first kappa shape index (κ1) is 10.2. The number of rotatable bonds is 2. The number of fused-ring (bicyclic) bond motifs is 1. The zero-order valence-electron chi connectivity index (χ0n) is 7.90. The SMILES string of the molecule is Cc1ccc2onc([C@@H](Br)C(=O)O)c2c1. The van der Waals surface area contributed by atoms with E-state index in [1.54, 1.807) is 6.07 Å². The van der Waals surface area contributed by atoms with Gasteiger partial charge in [0.15, 0.2) is 10.4 Å². The number of nitrogens with zero attached hydrogens (tertiary/aromatic N) is 1. The molecular weight excluding hydrogens is 262 g/mol. The molecule has 1 heterocycles. The van der Waals surface area contributed by atoms with Crippen molar-refractivity contribution >= 4 is 32.9 Å². The summed E-state index contributed by atoms with van der Waals surface area (Å²) in [6.45, 7) is 1.93. The zero-order valence-corrected chi connectivity index (χ0v) is 9.48. The lowest BCUT2D eigenvalue weighted by Crippen LogP contribution is -2.04. The lowest BCUT2D eigenvalue weighted by molar-refractivity contribution is -0.136. The molecule has 15 heavy (non-hydrogen) atoms. The second kappa shape index (κ2) is 3.66. The predicted molar refractivity (Wildman–Crippen MR) is 58.0 cm³/mol. The van der Waals surface area contributed by atoms with Crippen molar-refractivity contribution in [3.63, 3.8) is 0 Å². The van der Waals surface area contributed by atoms with Crippen LogP contribution in [0.25, 0.3) is 11.0 Å². The lowest BCUT2D eigenvalue weighted by Gasteiger charge is -1.99. The molecule has 2 rings (SSSR count). The number of carboxylic acids is 1. The molecule has 0 bridgehead atoms. The fourth-order valence-corrected chi connectivity index (χ4v) is 1.70. The van der Waals surface area contributed by atoms with Crippen LogP contribution in [0.15, 0.2) is 22.7 Å². The second-order valence-electron chi connectivity index (χ2n) is 3.27. The van der Waals surface area contributed by atoms with Crippen molar-refractivity contribution < 1.29 is 14.4 Å². The van der Waals surface area contributed by atoms with E-state index in [0.29, 0.717) is 11.3 Å². The van der Waals surface area contributed by atoms with E-state index in [0.717, 1.165) is 10.9 Å². The third-order valence-electron chi connectivity index (χ3n) is 2.11. The van der Waals surface area contributed by atoms with Crippen LogP contribution in [0.2, 0.25) is 0 Å². The first-order valence-electron chi connectivity index (χ1n) is 4.32. The molecule has 1 aromatic heterocycles. The third-order valence-corrected chi connectivity index (χ3v) is 2.94. The Kier molecular flexibility index (Phi) is 2.48. The second-order valence-corrected chi connectivity index (χ2v) is 4.18. The Balaban J connectivity index is 2.61. The number of aliphatic carboxylic acids is 1. The smallest absolute Gasteiger partial charge is 0.323 e. The molecule has 0 amide bonds. The quantitative estimate of drug-likeness (QED) is 0.852. The maximum Gasteiger partial charge on any atom is 0.323 e. The van der Waals surface area contributed by atoms with Crippen LogP contribution in [0.3, 0.4) is 0 Å². The molecule has 1 aromatic carbocycles. The summed E-state index contributed by atoms with van der Waals surface area (Å²) in [4.78, 5) is 9.96. The Morgan fingerprint density at radius 3 is 3.00 bits per heavy atom. The number of alkyl halides is 1. The van der Waals surface area contributed by atoms with Crippen molar-refractivity contribution in [3.05, 3.63) is 29.5 Å². The van der Waals surface area contributed by atoms with Gasteiger partial charge in [0.05, 0.1) is 0 Å². The summed E-state index contributed by atoms with van der Waals surface area (Å²) in [6, 6.07) is 5.53. The first-order chi connectivity index (χ1) is 7.09. The van der Waals surface area contributed by atoms with Crippen LogP contribution in [0.4, 0.5) is 0 Å². The molecule has 0 spiro atoms. The molecule has 0 aliphatic carbocycles. The Morgan fingerprint density at radius 1 is 1.60 bits per heavy atom. The van der Waals surface area contributed by atoms with Crippen molar-refractivity contribution in [2.24, 2.45) is 0 Å². The van der Waals surface area contributed by atoms with Crippen LogP contribution in [-0.4, -0.2) is 16.2 Å². The normalized spacial score (nSPS) is 12.9. The summed E-state index contributed by atoms with van der Waals surface area (Å²) < 4.78 is 5.03. The molecule has 2 aromatic rings. The molecule has 1 atom stereocenters. The van der Waals surface area contributed by atoms with Crippen molar-refractivity contribution in [1.82, 2.24) is 5.16 Å². The highest BCUT2D eigenvalue weighted by Gasteiger charge is 2.22. The van der Waals surface area contributed by atoms with E-state index in [4.69, 9.17) is 9.63 Å². The average molecular weight is 270 g/mol. The molecule has 1 N–H and O–H groups in total. The Bertz CT molecular complexity index is 520. The highest BCUT2D eigenvalue weighted by atomic mass is 79.9. The molecule has 4 nitrogen and oxygen atoms in total. The fourth-order valence-electron chi connectivity index (χ4n) is 1.37. The van der Waals surface area contributed by atoms with Crippen LogP contribution in [-0.2, 0) is 4.79 Å². The minimum Gasteiger partial charge on any atom is -0.480 e. The van der Waals surface area contributed by atoms with Gasteiger partial charge in [-0.05, 0) is 19.1 Å². The molecule has 5 heteroatoms. The lowest BCUT2D eigenvalue weighted by atomic mass is 10.1. The largest absolute Gasteiger partial charge is 0.480 e. The van der Waals surface area contributed by atoms with Crippen LogP contribution in [0.5, 0.6) is 0 Å². The highest BCUT2D eigenvalue weighted by molar-refractivity contribution is 9.09. The monoisotopic (exact) mass is 269 g/mol. The number of carbonyl (C=O) groups is 1. The number of aromatic nitrogens is 1.